The second-order valence-electron chi connectivity index (χ2n) is 6.29. The molecule has 0 spiro atoms. The zero-order valence-electron chi connectivity index (χ0n) is 15.2. The first kappa shape index (κ1) is 20.8. The molecule has 0 bridgehead atoms. The fourth-order valence-corrected chi connectivity index (χ4v) is 2.93. The molecular weight excluding hydrogens is 403 g/mol. The minimum atomic E-state index is -4.59. The molecule has 0 fully saturated rings. The summed E-state index contributed by atoms with van der Waals surface area (Å²) in [4.78, 5) is 39.1. The smallest absolute Gasteiger partial charge is 0.417 e. The number of aliphatic carboxylic acids is 1. The minimum absolute atomic E-state index is 0.108. The van der Waals surface area contributed by atoms with E-state index in [4.69, 9.17) is 10.8 Å². The zero-order chi connectivity index (χ0) is 22.1. The lowest BCUT2D eigenvalue weighted by Gasteiger charge is -2.14. The maximum absolute atomic E-state index is 13.4. The molecule has 7 nitrogen and oxygen atoms in total. The molecule has 0 radical (unpaired) electrons. The quantitative estimate of drug-likeness (QED) is 0.662. The van der Waals surface area contributed by atoms with Crippen molar-refractivity contribution < 1.29 is 27.9 Å². The molecule has 0 aliphatic heterocycles. The fraction of sp³-hybridized carbons (Fsp3) is 0.100. The van der Waals surface area contributed by atoms with Crippen molar-refractivity contribution in [2.75, 3.05) is 0 Å². The Bertz CT molecular complexity index is 1200. The monoisotopic (exact) mass is 417 g/mol. The molecule has 2 aromatic carbocycles. The lowest BCUT2D eigenvalue weighted by molar-refractivity contribution is -0.138. The Kier molecular flexibility index (Phi) is 5.41. The van der Waals surface area contributed by atoms with E-state index in [0.29, 0.717) is 0 Å². The molecule has 0 aliphatic carbocycles. The average molecular weight is 417 g/mol. The average Bonchev–Trinajstić information content (AvgIpc) is 2.68. The highest BCUT2D eigenvalue weighted by Crippen LogP contribution is 2.37. The number of carbonyl (C=O) groups excluding carboxylic acids is 1. The van der Waals surface area contributed by atoms with Gasteiger partial charge in [0.15, 0.2) is 0 Å². The van der Waals surface area contributed by atoms with E-state index in [9.17, 15) is 27.6 Å². The van der Waals surface area contributed by atoms with Crippen molar-refractivity contribution in [2.24, 2.45) is 5.73 Å². The van der Waals surface area contributed by atoms with Gasteiger partial charge in [-0.1, -0.05) is 36.4 Å². The van der Waals surface area contributed by atoms with E-state index in [1.807, 2.05) is 0 Å². The SMILES string of the molecule is NC(=O)c1cn(CC(=O)O)c(=O)c(-c2cccc(-c3ccccc3C(F)(F)F)c2)n1. The number of amides is 1. The molecule has 3 rings (SSSR count). The van der Waals surface area contributed by atoms with Crippen LogP contribution in [0.2, 0.25) is 0 Å². The summed E-state index contributed by atoms with van der Waals surface area (Å²) in [5.41, 5.74) is 3.02. The van der Waals surface area contributed by atoms with Gasteiger partial charge >= 0.3 is 12.1 Å². The fourth-order valence-electron chi connectivity index (χ4n) is 2.93. The Hall–Kier alpha value is -3.95. The molecule has 1 amide bonds. The largest absolute Gasteiger partial charge is 0.480 e. The summed E-state index contributed by atoms with van der Waals surface area (Å²) in [6.45, 7) is -0.745. The van der Waals surface area contributed by atoms with Crippen LogP contribution in [-0.2, 0) is 17.5 Å². The first-order valence-corrected chi connectivity index (χ1v) is 8.48. The van der Waals surface area contributed by atoms with Gasteiger partial charge in [-0.3, -0.25) is 14.4 Å². The van der Waals surface area contributed by atoms with Crippen LogP contribution in [0.15, 0.2) is 59.5 Å². The number of aromatic nitrogens is 2. The number of carbonyl (C=O) groups is 2. The molecule has 0 aliphatic rings. The topological polar surface area (TPSA) is 115 Å². The molecule has 0 unspecified atom stereocenters. The van der Waals surface area contributed by atoms with E-state index in [-0.39, 0.29) is 28.1 Å². The maximum Gasteiger partial charge on any atom is 0.417 e. The summed E-state index contributed by atoms with van der Waals surface area (Å²) in [6.07, 6.45) is -3.67. The van der Waals surface area contributed by atoms with Crippen LogP contribution in [0.4, 0.5) is 13.2 Å². The van der Waals surface area contributed by atoms with Crippen LogP contribution < -0.4 is 11.3 Å². The van der Waals surface area contributed by atoms with Crippen LogP contribution in [0.1, 0.15) is 16.1 Å². The van der Waals surface area contributed by atoms with Crippen molar-refractivity contribution >= 4 is 11.9 Å². The first-order chi connectivity index (χ1) is 14.1. The summed E-state index contributed by atoms with van der Waals surface area (Å²) < 4.78 is 40.8. The van der Waals surface area contributed by atoms with E-state index < -0.39 is 35.7 Å². The summed E-state index contributed by atoms with van der Waals surface area (Å²) in [6, 6.07) is 10.5. The van der Waals surface area contributed by atoms with Gasteiger partial charge in [-0.15, -0.1) is 0 Å². The third-order valence-electron chi connectivity index (χ3n) is 4.21. The van der Waals surface area contributed by atoms with Crippen LogP contribution >= 0.6 is 0 Å². The van der Waals surface area contributed by atoms with Crippen LogP contribution in [0.3, 0.4) is 0 Å². The minimum Gasteiger partial charge on any atom is -0.480 e. The van der Waals surface area contributed by atoms with Gasteiger partial charge in [0.2, 0.25) is 0 Å². The molecule has 0 saturated carbocycles. The third kappa shape index (κ3) is 4.22. The summed E-state index contributed by atoms with van der Waals surface area (Å²) in [7, 11) is 0. The number of carboxylic acids is 1. The molecule has 3 aromatic rings. The first-order valence-electron chi connectivity index (χ1n) is 8.48. The van der Waals surface area contributed by atoms with E-state index in [1.54, 1.807) is 0 Å². The molecule has 10 heteroatoms. The van der Waals surface area contributed by atoms with Gasteiger partial charge in [-0.25, -0.2) is 4.98 Å². The van der Waals surface area contributed by atoms with Crippen molar-refractivity contribution in [1.82, 2.24) is 9.55 Å². The summed E-state index contributed by atoms with van der Waals surface area (Å²) in [5, 5.41) is 8.98. The number of rotatable bonds is 5. The van der Waals surface area contributed by atoms with Crippen LogP contribution in [-0.4, -0.2) is 26.5 Å². The highest BCUT2D eigenvalue weighted by molar-refractivity contribution is 5.91. The zero-order valence-corrected chi connectivity index (χ0v) is 15.2. The molecule has 0 saturated heterocycles. The molecule has 1 heterocycles. The van der Waals surface area contributed by atoms with E-state index in [2.05, 4.69) is 4.98 Å². The van der Waals surface area contributed by atoms with Crippen molar-refractivity contribution in [2.45, 2.75) is 12.7 Å². The van der Waals surface area contributed by atoms with Crippen molar-refractivity contribution in [3.63, 3.8) is 0 Å². The molecular formula is C20H14F3N3O4. The standard InChI is InChI=1S/C20H14F3N3O4/c21-20(22,23)14-7-2-1-6-13(14)11-4-3-5-12(8-11)17-19(30)26(10-16(27)28)9-15(25-17)18(24)29/h1-9H,10H2,(H2,24,29)(H,27,28). The van der Waals surface area contributed by atoms with Gasteiger partial charge in [0.1, 0.15) is 17.9 Å². The highest BCUT2D eigenvalue weighted by Gasteiger charge is 2.33. The number of primary amides is 1. The van der Waals surface area contributed by atoms with Gasteiger partial charge in [-0.2, -0.15) is 13.2 Å². The Morgan fingerprint density at radius 1 is 1.07 bits per heavy atom. The van der Waals surface area contributed by atoms with Crippen molar-refractivity contribution in [1.29, 1.82) is 0 Å². The molecule has 0 atom stereocenters. The number of hydrogen-bond donors (Lipinski definition) is 2. The summed E-state index contributed by atoms with van der Waals surface area (Å²) >= 11 is 0. The van der Waals surface area contributed by atoms with Gasteiger partial charge < -0.3 is 15.4 Å². The van der Waals surface area contributed by atoms with E-state index >= 15 is 0 Å². The highest BCUT2D eigenvalue weighted by atomic mass is 19.4. The van der Waals surface area contributed by atoms with Gasteiger partial charge in [-0.05, 0) is 23.3 Å². The predicted molar refractivity (Wildman–Crippen MR) is 101 cm³/mol. The lowest BCUT2D eigenvalue weighted by atomic mass is 9.97. The number of hydrogen-bond acceptors (Lipinski definition) is 4. The number of carboxylic acid groups (broad SMARTS) is 1. The second kappa shape index (κ2) is 7.82. The predicted octanol–water partition coefficient (Wildman–Crippen LogP) is 2.78. The van der Waals surface area contributed by atoms with E-state index in [1.165, 1.54) is 42.5 Å². The van der Waals surface area contributed by atoms with Crippen molar-refractivity contribution in [3.05, 3.63) is 76.3 Å². The normalized spacial score (nSPS) is 11.3. The second-order valence-corrected chi connectivity index (χ2v) is 6.29. The number of alkyl halides is 3. The molecule has 30 heavy (non-hydrogen) atoms. The Balaban J connectivity index is 2.21. The number of benzene rings is 2. The molecule has 3 N–H and O–H groups in total. The van der Waals surface area contributed by atoms with Gasteiger partial charge in [0.25, 0.3) is 11.5 Å². The summed E-state index contributed by atoms with van der Waals surface area (Å²) in [5.74, 6) is -2.33. The van der Waals surface area contributed by atoms with Gasteiger partial charge in [0, 0.05) is 11.8 Å². The molecule has 154 valence electrons. The van der Waals surface area contributed by atoms with Crippen molar-refractivity contribution in [3.8, 4) is 22.4 Å². The Morgan fingerprint density at radius 3 is 2.37 bits per heavy atom. The number of halogens is 3. The van der Waals surface area contributed by atoms with Crippen LogP contribution in [0.5, 0.6) is 0 Å². The Labute approximate surface area is 167 Å². The van der Waals surface area contributed by atoms with E-state index in [0.717, 1.165) is 16.8 Å². The Morgan fingerprint density at radius 2 is 1.73 bits per heavy atom. The maximum atomic E-state index is 13.4. The number of nitrogens with zero attached hydrogens (tertiary/aromatic N) is 2. The lowest BCUT2D eigenvalue weighted by Crippen LogP contribution is -2.29. The third-order valence-corrected chi connectivity index (χ3v) is 4.21. The number of nitrogens with two attached hydrogens (primary N) is 1. The van der Waals surface area contributed by atoms with Gasteiger partial charge in [0.05, 0.1) is 5.56 Å². The molecule has 1 aromatic heterocycles. The van der Waals surface area contributed by atoms with Crippen LogP contribution in [0.25, 0.3) is 22.4 Å². The van der Waals surface area contributed by atoms with Crippen LogP contribution in [0, 0.1) is 0 Å².